The van der Waals surface area contributed by atoms with Crippen LogP contribution >= 0.6 is 0 Å². The van der Waals surface area contributed by atoms with Crippen molar-refractivity contribution >= 4 is 22.8 Å². The lowest BCUT2D eigenvalue weighted by Gasteiger charge is -2.25. The number of halogens is 1. The number of benzene rings is 3. The highest BCUT2D eigenvalue weighted by molar-refractivity contribution is 6.11. The van der Waals surface area contributed by atoms with Crippen LogP contribution < -0.4 is 5.32 Å². The number of hydrogen-bond acceptors (Lipinski definition) is 4. The van der Waals surface area contributed by atoms with Gasteiger partial charge < -0.3 is 19.4 Å². The summed E-state index contributed by atoms with van der Waals surface area (Å²) in [4.78, 5) is 27.8. The molecule has 37 heavy (non-hydrogen) atoms. The second-order valence-corrected chi connectivity index (χ2v) is 9.01. The summed E-state index contributed by atoms with van der Waals surface area (Å²) in [6, 6.07) is 18.8. The van der Waals surface area contributed by atoms with Crippen LogP contribution in [-0.4, -0.2) is 43.5 Å². The van der Waals surface area contributed by atoms with Crippen LogP contribution in [0.4, 0.5) is 4.39 Å². The Kier molecular flexibility index (Phi) is 6.53. The maximum atomic E-state index is 13.5. The van der Waals surface area contributed by atoms with Crippen LogP contribution in [0.5, 0.6) is 0 Å². The Balaban J connectivity index is 1.48. The summed E-state index contributed by atoms with van der Waals surface area (Å²) in [6.07, 6.45) is 1.75. The Morgan fingerprint density at radius 2 is 1.70 bits per heavy atom. The van der Waals surface area contributed by atoms with Gasteiger partial charge in [0.25, 0.3) is 11.8 Å². The van der Waals surface area contributed by atoms with Crippen molar-refractivity contribution in [1.29, 1.82) is 0 Å². The lowest BCUT2D eigenvalue weighted by molar-refractivity contribution is 0.0717. The average Bonchev–Trinajstić information content (AvgIpc) is 3.57. The van der Waals surface area contributed by atoms with Crippen LogP contribution in [0.25, 0.3) is 33.4 Å². The van der Waals surface area contributed by atoms with Gasteiger partial charge >= 0.3 is 0 Å². The van der Waals surface area contributed by atoms with E-state index in [1.165, 1.54) is 12.1 Å². The van der Waals surface area contributed by atoms with Crippen LogP contribution in [0.1, 0.15) is 33.6 Å². The lowest BCUT2D eigenvalue weighted by atomic mass is 9.99. The van der Waals surface area contributed by atoms with E-state index < -0.39 is 0 Å². The molecule has 0 saturated carbocycles. The van der Waals surface area contributed by atoms with E-state index in [1.807, 2.05) is 47.4 Å². The van der Waals surface area contributed by atoms with Crippen molar-refractivity contribution < 1.29 is 23.1 Å². The third kappa shape index (κ3) is 4.48. The molecule has 7 heteroatoms. The molecule has 2 heterocycles. The molecule has 1 atom stereocenters. The number of nitrogens with zero attached hydrogens (tertiary/aromatic N) is 1. The lowest BCUT2D eigenvalue weighted by Crippen LogP contribution is -2.36. The Morgan fingerprint density at radius 1 is 1.03 bits per heavy atom. The zero-order valence-corrected chi connectivity index (χ0v) is 20.7. The van der Waals surface area contributed by atoms with Crippen molar-refractivity contribution in [2.45, 2.75) is 18.9 Å². The van der Waals surface area contributed by atoms with Crippen LogP contribution in [0.2, 0.25) is 0 Å². The number of methoxy groups -OCH3 is 1. The number of nitrogens with one attached hydrogen (secondary N) is 1. The standard InChI is InChI=1S/C30H27FN2O4/c1-18(36-3)25-5-4-16-33(25)30(35)21-8-6-19(7-9-21)22-12-15-26-24(17-22)27(29(34)32-2)28(37-26)20-10-13-23(31)14-11-20/h6-15,17,25H,1,4-5,16H2,2-3H3,(H,32,34). The predicted molar refractivity (Wildman–Crippen MR) is 141 cm³/mol. The first-order valence-corrected chi connectivity index (χ1v) is 12.1. The molecule has 1 aliphatic heterocycles. The molecule has 1 unspecified atom stereocenters. The SMILES string of the molecule is C=C(OC)C1CCCN1C(=O)c1ccc(-c2ccc3oc(-c4ccc(F)cc4)c(C(=O)NC)c3c2)cc1. The first kappa shape index (κ1) is 24.3. The molecule has 1 aliphatic rings. The van der Waals surface area contributed by atoms with Gasteiger partial charge in [-0.05, 0) is 72.5 Å². The number of ether oxygens (including phenoxy) is 1. The van der Waals surface area contributed by atoms with E-state index in [4.69, 9.17) is 9.15 Å². The number of carbonyl (C=O) groups is 2. The zero-order valence-electron chi connectivity index (χ0n) is 20.7. The van der Waals surface area contributed by atoms with Crippen molar-refractivity contribution in [2.75, 3.05) is 20.7 Å². The second-order valence-electron chi connectivity index (χ2n) is 9.01. The molecule has 2 amide bonds. The molecule has 5 rings (SSSR count). The van der Waals surface area contributed by atoms with Gasteiger partial charge in [-0.1, -0.05) is 24.8 Å². The molecular formula is C30H27FN2O4. The maximum Gasteiger partial charge on any atom is 0.255 e. The van der Waals surface area contributed by atoms with Gasteiger partial charge in [0.05, 0.1) is 18.7 Å². The summed E-state index contributed by atoms with van der Waals surface area (Å²) >= 11 is 0. The minimum Gasteiger partial charge on any atom is -0.500 e. The van der Waals surface area contributed by atoms with Crippen molar-refractivity contribution in [3.63, 3.8) is 0 Å². The summed E-state index contributed by atoms with van der Waals surface area (Å²) in [5.74, 6) is 0.264. The van der Waals surface area contributed by atoms with Gasteiger partial charge in [-0.15, -0.1) is 0 Å². The maximum absolute atomic E-state index is 13.5. The summed E-state index contributed by atoms with van der Waals surface area (Å²) in [6.45, 7) is 4.61. The topological polar surface area (TPSA) is 71.8 Å². The van der Waals surface area contributed by atoms with Crippen LogP contribution in [-0.2, 0) is 4.74 Å². The Morgan fingerprint density at radius 3 is 2.38 bits per heavy atom. The molecule has 1 fully saturated rings. The number of furan rings is 1. The number of carbonyl (C=O) groups excluding carboxylic acids is 2. The molecule has 0 spiro atoms. The molecule has 3 aromatic carbocycles. The number of rotatable bonds is 6. The minimum absolute atomic E-state index is 0.0524. The van der Waals surface area contributed by atoms with Crippen LogP contribution in [0.3, 0.4) is 0 Å². The second kappa shape index (κ2) is 9.93. The highest BCUT2D eigenvalue weighted by Crippen LogP contribution is 2.36. The minimum atomic E-state index is -0.366. The predicted octanol–water partition coefficient (Wildman–Crippen LogP) is 6.03. The van der Waals surface area contributed by atoms with Gasteiger partial charge in [0.15, 0.2) is 0 Å². The van der Waals surface area contributed by atoms with Gasteiger partial charge in [-0.25, -0.2) is 4.39 Å². The zero-order chi connectivity index (χ0) is 26.1. The molecule has 1 saturated heterocycles. The van der Waals surface area contributed by atoms with E-state index in [1.54, 1.807) is 26.3 Å². The van der Waals surface area contributed by atoms with Crippen molar-refractivity contribution in [1.82, 2.24) is 10.2 Å². The highest BCUT2D eigenvalue weighted by Gasteiger charge is 2.32. The molecule has 188 valence electrons. The van der Waals surface area contributed by atoms with Crippen molar-refractivity contribution in [3.05, 3.63) is 96.0 Å². The molecule has 4 aromatic rings. The van der Waals surface area contributed by atoms with Gasteiger partial charge in [-0.2, -0.15) is 0 Å². The van der Waals surface area contributed by atoms with Gasteiger partial charge in [0.1, 0.15) is 22.9 Å². The first-order valence-electron chi connectivity index (χ1n) is 12.1. The summed E-state index contributed by atoms with van der Waals surface area (Å²) in [5.41, 5.74) is 3.90. The monoisotopic (exact) mass is 498 g/mol. The summed E-state index contributed by atoms with van der Waals surface area (Å²) < 4.78 is 24.8. The van der Waals surface area contributed by atoms with E-state index in [0.29, 0.717) is 45.7 Å². The molecule has 0 aliphatic carbocycles. The van der Waals surface area contributed by atoms with E-state index in [-0.39, 0.29) is 23.7 Å². The highest BCUT2D eigenvalue weighted by atomic mass is 19.1. The van der Waals surface area contributed by atoms with Crippen molar-refractivity contribution in [2.24, 2.45) is 0 Å². The molecule has 6 nitrogen and oxygen atoms in total. The third-order valence-electron chi connectivity index (χ3n) is 6.86. The largest absolute Gasteiger partial charge is 0.500 e. The number of likely N-dealkylation sites (tertiary alicyclic amines) is 1. The summed E-state index contributed by atoms with van der Waals surface area (Å²) in [7, 11) is 3.13. The molecule has 0 radical (unpaired) electrons. The molecule has 0 bridgehead atoms. The number of amides is 2. The van der Waals surface area contributed by atoms with Gasteiger partial charge in [-0.3, -0.25) is 9.59 Å². The van der Waals surface area contributed by atoms with Crippen LogP contribution in [0.15, 0.2) is 83.5 Å². The molecular weight excluding hydrogens is 471 g/mol. The van der Waals surface area contributed by atoms with Gasteiger partial charge in [0, 0.05) is 30.1 Å². The van der Waals surface area contributed by atoms with Gasteiger partial charge in [0.2, 0.25) is 0 Å². The Bertz CT molecular complexity index is 1490. The van der Waals surface area contributed by atoms with E-state index in [2.05, 4.69) is 11.9 Å². The number of hydrogen-bond donors (Lipinski definition) is 1. The van der Waals surface area contributed by atoms with Crippen molar-refractivity contribution in [3.8, 4) is 22.5 Å². The third-order valence-corrected chi connectivity index (χ3v) is 6.86. The first-order chi connectivity index (χ1) is 17.9. The molecule has 1 aromatic heterocycles. The quantitative estimate of drug-likeness (QED) is 0.330. The fourth-order valence-electron chi connectivity index (χ4n) is 4.88. The van der Waals surface area contributed by atoms with E-state index in [0.717, 1.165) is 24.0 Å². The van der Waals surface area contributed by atoms with E-state index in [9.17, 15) is 14.0 Å². The normalized spacial score (nSPS) is 15.1. The fraction of sp³-hybridized carbons (Fsp3) is 0.200. The number of fused-ring (bicyclic) bond motifs is 1. The molecule has 1 N–H and O–H groups in total. The van der Waals surface area contributed by atoms with E-state index >= 15 is 0 Å². The van der Waals surface area contributed by atoms with Crippen LogP contribution in [0, 0.1) is 5.82 Å². The average molecular weight is 499 g/mol. The Hall–Kier alpha value is -4.39. The smallest absolute Gasteiger partial charge is 0.255 e. The fourth-order valence-corrected chi connectivity index (χ4v) is 4.88. The Labute approximate surface area is 214 Å². The summed E-state index contributed by atoms with van der Waals surface area (Å²) in [5, 5.41) is 3.32.